The normalized spacial score (nSPS) is 21.4. The van der Waals surface area contributed by atoms with Crippen LogP contribution in [0.15, 0.2) is 18.2 Å². The number of nitrogens with one attached hydrogen (secondary N) is 1. The van der Waals surface area contributed by atoms with Gasteiger partial charge >= 0.3 is 0 Å². The molecule has 4 heteroatoms. The number of hydrogen-bond acceptors (Lipinski definition) is 1. The summed E-state index contributed by atoms with van der Waals surface area (Å²) in [5.41, 5.74) is 0.562. The quantitative estimate of drug-likeness (QED) is 0.900. The minimum absolute atomic E-state index is 0.00242. The van der Waals surface area contributed by atoms with E-state index >= 15 is 0 Å². The van der Waals surface area contributed by atoms with Crippen LogP contribution in [0.1, 0.15) is 38.7 Å². The summed E-state index contributed by atoms with van der Waals surface area (Å²) in [4.78, 5) is 11.9. The maximum atomic E-state index is 13.6. The number of carbonyl (C=O) groups excluding carboxylic acids is 1. The highest BCUT2D eigenvalue weighted by Crippen LogP contribution is 2.36. The lowest BCUT2D eigenvalue weighted by molar-refractivity contribution is -0.121. The van der Waals surface area contributed by atoms with Crippen LogP contribution in [-0.4, -0.2) is 11.9 Å². The van der Waals surface area contributed by atoms with Gasteiger partial charge in [0.05, 0.1) is 6.42 Å². The van der Waals surface area contributed by atoms with Crippen LogP contribution in [0, 0.1) is 11.2 Å². The van der Waals surface area contributed by atoms with Crippen molar-refractivity contribution in [1.82, 2.24) is 5.32 Å². The molecule has 19 heavy (non-hydrogen) atoms. The lowest BCUT2D eigenvalue weighted by atomic mass is 9.92. The summed E-state index contributed by atoms with van der Waals surface area (Å²) in [5.74, 6) is -0.580. The zero-order valence-corrected chi connectivity index (χ0v) is 12.1. The molecule has 1 aromatic carbocycles. The van der Waals surface area contributed by atoms with Gasteiger partial charge in [0.25, 0.3) is 0 Å². The average Bonchev–Trinajstić information content (AvgIpc) is 2.63. The summed E-state index contributed by atoms with van der Waals surface area (Å²) in [7, 11) is 0. The van der Waals surface area contributed by atoms with Gasteiger partial charge in [-0.3, -0.25) is 4.79 Å². The van der Waals surface area contributed by atoms with Crippen molar-refractivity contribution >= 4 is 17.5 Å². The first-order valence-corrected chi connectivity index (χ1v) is 6.97. The van der Waals surface area contributed by atoms with Crippen molar-refractivity contribution in [2.75, 3.05) is 0 Å². The molecule has 1 aliphatic carbocycles. The second-order valence-electron chi connectivity index (χ2n) is 6.05. The van der Waals surface area contributed by atoms with Gasteiger partial charge in [-0.25, -0.2) is 4.39 Å². The molecule has 2 nitrogen and oxygen atoms in total. The molecule has 104 valence electrons. The third-order valence-electron chi connectivity index (χ3n) is 3.73. The Hall–Kier alpha value is -1.09. The van der Waals surface area contributed by atoms with Crippen LogP contribution >= 0.6 is 11.6 Å². The first kappa shape index (κ1) is 14.3. The second kappa shape index (κ2) is 5.49. The van der Waals surface area contributed by atoms with Crippen LogP contribution in [0.5, 0.6) is 0 Å². The molecule has 1 unspecified atom stereocenters. The van der Waals surface area contributed by atoms with E-state index in [-0.39, 0.29) is 29.3 Å². The van der Waals surface area contributed by atoms with E-state index in [0.29, 0.717) is 5.02 Å². The van der Waals surface area contributed by atoms with Crippen molar-refractivity contribution in [3.05, 3.63) is 34.6 Å². The Kier molecular flexibility index (Phi) is 4.14. The molecule has 0 spiro atoms. The first-order valence-electron chi connectivity index (χ1n) is 6.60. The summed E-state index contributed by atoms with van der Waals surface area (Å²) in [6, 6.07) is 4.67. The topological polar surface area (TPSA) is 29.1 Å². The van der Waals surface area contributed by atoms with Crippen LogP contribution in [0.2, 0.25) is 5.02 Å². The maximum absolute atomic E-state index is 13.6. The number of hydrogen-bond donors (Lipinski definition) is 1. The number of carbonyl (C=O) groups is 1. The van der Waals surface area contributed by atoms with E-state index in [1.165, 1.54) is 6.07 Å². The Morgan fingerprint density at radius 2 is 2.26 bits per heavy atom. The van der Waals surface area contributed by atoms with E-state index in [4.69, 9.17) is 11.6 Å². The van der Waals surface area contributed by atoms with E-state index in [2.05, 4.69) is 19.2 Å². The molecule has 0 aliphatic heterocycles. The molecular formula is C15H19ClFNO. The van der Waals surface area contributed by atoms with Gasteiger partial charge in [-0.2, -0.15) is 0 Å². The largest absolute Gasteiger partial charge is 0.353 e. The van der Waals surface area contributed by atoms with Gasteiger partial charge in [0.2, 0.25) is 5.91 Å². The van der Waals surface area contributed by atoms with Crippen LogP contribution < -0.4 is 5.32 Å². The molecule has 0 saturated heterocycles. The summed E-state index contributed by atoms with van der Waals surface area (Å²) >= 11 is 5.92. The maximum Gasteiger partial charge on any atom is 0.224 e. The number of benzene rings is 1. The monoisotopic (exact) mass is 283 g/mol. The third-order valence-corrected chi connectivity index (χ3v) is 4.09. The van der Waals surface area contributed by atoms with E-state index in [0.717, 1.165) is 19.3 Å². The fourth-order valence-corrected chi connectivity index (χ4v) is 2.93. The van der Waals surface area contributed by atoms with Gasteiger partial charge in [0.1, 0.15) is 5.82 Å². The predicted octanol–water partition coefficient (Wildman–Crippen LogP) is 3.72. The predicted molar refractivity (Wildman–Crippen MR) is 74.7 cm³/mol. The molecule has 1 amide bonds. The van der Waals surface area contributed by atoms with Gasteiger partial charge in [-0.1, -0.05) is 31.5 Å². The Labute approximate surface area is 118 Å². The smallest absolute Gasteiger partial charge is 0.224 e. The molecule has 1 N–H and O–H groups in total. The molecule has 0 bridgehead atoms. The number of halogens is 2. The van der Waals surface area contributed by atoms with Crippen molar-refractivity contribution in [1.29, 1.82) is 0 Å². The van der Waals surface area contributed by atoms with Crippen LogP contribution in [0.25, 0.3) is 0 Å². The second-order valence-corrected chi connectivity index (χ2v) is 6.46. The molecule has 1 aromatic rings. The van der Waals surface area contributed by atoms with Crippen LogP contribution in [-0.2, 0) is 11.2 Å². The van der Waals surface area contributed by atoms with Gasteiger partial charge in [-0.15, -0.1) is 0 Å². The summed E-state index contributed by atoms with van der Waals surface area (Å²) < 4.78 is 13.6. The zero-order chi connectivity index (χ0) is 14.0. The Morgan fingerprint density at radius 3 is 2.84 bits per heavy atom. The minimum Gasteiger partial charge on any atom is -0.353 e. The van der Waals surface area contributed by atoms with Gasteiger partial charge < -0.3 is 5.32 Å². The number of amides is 1. The Balaban J connectivity index is 1.95. The molecule has 1 atom stereocenters. The van der Waals surface area contributed by atoms with Crippen LogP contribution in [0.3, 0.4) is 0 Å². The third kappa shape index (κ3) is 3.69. The van der Waals surface area contributed by atoms with Crippen molar-refractivity contribution in [3.8, 4) is 0 Å². The van der Waals surface area contributed by atoms with Gasteiger partial charge in [0, 0.05) is 16.6 Å². The van der Waals surface area contributed by atoms with Crippen molar-refractivity contribution in [2.45, 2.75) is 45.6 Å². The molecule has 1 aliphatic rings. The molecular weight excluding hydrogens is 265 g/mol. The highest BCUT2D eigenvalue weighted by atomic mass is 35.5. The van der Waals surface area contributed by atoms with Gasteiger partial charge in [0.15, 0.2) is 0 Å². The highest BCUT2D eigenvalue weighted by molar-refractivity contribution is 6.31. The average molecular weight is 284 g/mol. The van der Waals surface area contributed by atoms with E-state index in [1.807, 2.05) is 0 Å². The molecule has 1 fully saturated rings. The summed E-state index contributed by atoms with van der Waals surface area (Å²) in [6.07, 6.45) is 3.08. The van der Waals surface area contributed by atoms with Crippen molar-refractivity contribution in [3.63, 3.8) is 0 Å². The number of rotatable bonds is 3. The lowest BCUT2D eigenvalue weighted by Gasteiger charge is -2.18. The Bertz CT molecular complexity index is 467. The SMILES string of the molecule is CC1(C)CCC(NC(=O)Cc2c(F)cccc2Cl)C1. The van der Waals surface area contributed by atoms with E-state index in [9.17, 15) is 9.18 Å². The molecule has 0 aromatic heterocycles. The summed E-state index contributed by atoms with van der Waals surface area (Å²) in [5, 5.41) is 3.28. The molecule has 2 rings (SSSR count). The lowest BCUT2D eigenvalue weighted by Crippen LogP contribution is -2.34. The Morgan fingerprint density at radius 1 is 1.53 bits per heavy atom. The molecule has 0 heterocycles. The minimum atomic E-state index is -0.422. The molecule has 0 radical (unpaired) electrons. The fraction of sp³-hybridized carbons (Fsp3) is 0.533. The summed E-state index contributed by atoms with van der Waals surface area (Å²) in [6.45, 7) is 4.40. The molecule has 1 saturated carbocycles. The highest BCUT2D eigenvalue weighted by Gasteiger charge is 2.31. The van der Waals surface area contributed by atoms with Crippen LogP contribution in [0.4, 0.5) is 4.39 Å². The fourth-order valence-electron chi connectivity index (χ4n) is 2.70. The first-order chi connectivity index (χ1) is 8.87. The van der Waals surface area contributed by atoms with Crippen molar-refractivity contribution < 1.29 is 9.18 Å². The van der Waals surface area contributed by atoms with Crippen molar-refractivity contribution in [2.24, 2.45) is 5.41 Å². The standard InChI is InChI=1S/C15H19ClFNO/c1-15(2)7-6-10(9-15)18-14(19)8-11-12(16)4-3-5-13(11)17/h3-5,10H,6-9H2,1-2H3,(H,18,19). The zero-order valence-electron chi connectivity index (χ0n) is 11.3. The van der Waals surface area contributed by atoms with Gasteiger partial charge in [-0.05, 0) is 36.8 Å². The van der Waals surface area contributed by atoms with E-state index < -0.39 is 5.82 Å². The van der Waals surface area contributed by atoms with E-state index in [1.54, 1.807) is 12.1 Å².